The SMILES string of the molecule is C=C(C)C1CCC(C)=C[C@H]1C1=C(O)C(C(=O)OC2CC3CCC2(C)C3(C)C)=C(CCCCC)C(=O)C1=O. The van der Waals surface area contributed by atoms with Gasteiger partial charge in [-0.25, -0.2) is 4.79 Å². The van der Waals surface area contributed by atoms with E-state index < -0.39 is 23.5 Å². The first-order valence-corrected chi connectivity index (χ1v) is 14.1. The van der Waals surface area contributed by atoms with Crippen LogP contribution in [0.2, 0.25) is 0 Å². The third-order valence-corrected chi connectivity index (χ3v) is 10.4. The molecule has 202 valence electrons. The molecular formula is C32H44O5. The van der Waals surface area contributed by atoms with Crippen molar-refractivity contribution >= 4 is 17.5 Å². The van der Waals surface area contributed by atoms with E-state index in [9.17, 15) is 19.5 Å². The normalized spacial score (nSPS) is 33.2. The molecule has 0 heterocycles. The van der Waals surface area contributed by atoms with Gasteiger partial charge in [0.2, 0.25) is 11.6 Å². The van der Waals surface area contributed by atoms with Crippen LogP contribution in [0.4, 0.5) is 0 Å². The van der Waals surface area contributed by atoms with Crippen LogP contribution in [-0.4, -0.2) is 28.7 Å². The largest absolute Gasteiger partial charge is 0.507 e. The standard InChI is InChI=1S/C32H44O5/c1-8-9-10-11-22-26(30(36)37-24-17-20-14-15-32(24,7)31(20,5)6)28(34)25(29(35)27(22)33)23-16-19(4)12-13-21(23)18(2)3/h16,20-21,23-24,34H,2,8-15,17H2,1,3-7H3/t20?,21?,23-,24?,32?/m1/s1. The number of carbonyl (C=O) groups excluding carboxylic acids is 3. The molecule has 0 spiro atoms. The van der Waals surface area contributed by atoms with E-state index in [1.54, 1.807) is 0 Å². The van der Waals surface area contributed by atoms with E-state index in [4.69, 9.17) is 4.74 Å². The molecule has 0 radical (unpaired) electrons. The van der Waals surface area contributed by atoms with Gasteiger partial charge in [0.15, 0.2) is 0 Å². The average molecular weight is 509 g/mol. The molecule has 2 bridgehead atoms. The minimum absolute atomic E-state index is 0.0303. The number of hydrogen-bond acceptors (Lipinski definition) is 5. The topological polar surface area (TPSA) is 80.7 Å². The molecule has 0 aliphatic heterocycles. The smallest absolute Gasteiger partial charge is 0.342 e. The maximum Gasteiger partial charge on any atom is 0.342 e. The van der Waals surface area contributed by atoms with Gasteiger partial charge in [-0.2, -0.15) is 0 Å². The summed E-state index contributed by atoms with van der Waals surface area (Å²) in [6, 6.07) is 0. The second kappa shape index (κ2) is 10.0. The van der Waals surface area contributed by atoms with Gasteiger partial charge in [0.05, 0.1) is 5.57 Å². The Morgan fingerprint density at radius 2 is 1.86 bits per heavy atom. The summed E-state index contributed by atoms with van der Waals surface area (Å²) in [5, 5.41) is 11.6. The number of carbonyl (C=O) groups is 3. The first kappa shape index (κ1) is 27.6. The van der Waals surface area contributed by atoms with Gasteiger partial charge in [-0.15, -0.1) is 0 Å². The summed E-state index contributed by atoms with van der Waals surface area (Å²) in [4.78, 5) is 40.8. The predicted molar refractivity (Wildman–Crippen MR) is 145 cm³/mol. The van der Waals surface area contributed by atoms with Crippen LogP contribution < -0.4 is 0 Å². The van der Waals surface area contributed by atoms with Gasteiger partial charge in [-0.05, 0) is 76.0 Å². The van der Waals surface area contributed by atoms with Gasteiger partial charge in [-0.3, -0.25) is 9.59 Å². The molecule has 5 heteroatoms. The van der Waals surface area contributed by atoms with Gasteiger partial charge in [0.25, 0.3) is 0 Å². The zero-order valence-corrected chi connectivity index (χ0v) is 23.5. The summed E-state index contributed by atoms with van der Waals surface area (Å²) in [5.41, 5.74) is 1.95. The Kier molecular flexibility index (Phi) is 7.49. The van der Waals surface area contributed by atoms with Crippen molar-refractivity contribution in [1.82, 2.24) is 0 Å². The molecule has 37 heavy (non-hydrogen) atoms. The van der Waals surface area contributed by atoms with Crippen molar-refractivity contribution in [2.24, 2.45) is 28.6 Å². The van der Waals surface area contributed by atoms with Gasteiger partial charge in [0, 0.05) is 16.9 Å². The Morgan fingerprint density at radius 1 is 1.16 bits per heavy atom. The van der Waals surface area contributed by atoms with E-state index in [1.165, 1.54) is 0 Å². The quantitative estimate of drug-likeness (QED) is 0.124. The molecular weight excluding hydrogens is 464 g/mol. The van der Waals surface area contributed by atoms with Crippen LogP contribution in [-0.2, 0) is 19.1 Å². The molecule has 0 aromatic rings. The Morgan fingerprint density at radius 3 is 2.43 bits per heavy atom. The number of ether oxygens (including phenoxy) is 1. The summed E-state index contributed by atoms with van der Waals surface area (Å²) in [6.07, 6.45) is 8.99. The van der Waals surface area contributed by atoms with E-state index in [0.717, 1.165) is 56.1 Å². The molecule has 4 unspecified atom stereocenters. The zero-order chi connectivity index (χ0) is 27.3. The van der Waals surface area contributed by atoms with Crippen molar-refractivity contribution in [3.8, 4) is 0 Å². The Labute approximate surface area is 222 Å². The fourth-order valence-corrected chi connectivity index (χ4v) is 7.48. The van der Waals surface area contributed by atoms with Gasteiger partial charge in [0.1, 0.15) is 17.4 Å². The Hall–Kier alpha value is -2.43. The summed E-state index contributed by atoms with van der Waals surface area (Å²) in [6.45, 7) is 16.8. The lowest BCUT2D eigenvalue weighted by Crippen LogP contribution is -2.40. The highest BCUT2D eigenvalue weighted by Gasteiger charge is 2.63. The number of hydrogen-bond donors (Lipinski definition) is 1. The van der Waals surface area contributed by atoms with Crippen LogP contribution in [0.15, 0.2) is 46.3 Å². The van der Waals surface area contributed by atoms with Gasteiger partial charge >= 0.3 is 5.97 Å². The number of unbranched alkanes of at least 4 members (excludes halogenated alkanes) is 2. The second-order valence-corrected chi connectivity index (χ2v) is 12.8. The first-order valence-electron chi connectivity index (χ1n) is 14.1. The lowest BCUT2D eigenvalue weighted by molar-refractivity contribution is -0.152. The summed E-state index contributed by atoms with van der Waals surface area (Å²) < 4.78 is 6.16. The number of allylic oxidation sites excluding steroid dienone is 5. The number of rotatable bonds is 8. The molecule has 5 nitrogen and oxygen atoms in total. The summed E-state index contributed by atoms with van der Waals surface area (Å²) in [5.74, 6) is -2.49. The molecule has 5 atom stereocenters. The summed E-state index contributed by atoms with van der Waals surface area (Å²) in [7, 11) is 0. The van der Waals surface area contributed by atoms with Crippen LogP contribution >= 0.6 is 0 Å². The lowest BCUT2D eigenvalue weighted by Gasteiger charge is -2.38. The number of fused-ring (bicyclic) bond motifs is 2. The molecule has 4 rings (SSSR count). The number of Topliss-reactive ketones (excluding diaryl/α,β-unsaturated/α-hetero) is 2. The van der Waals surface area contributed by atoms with Crippen molar-refractivity contribution in [3.63, 3.8) is 0 Å². The van der Waals surface area contributed by atoms with E-state index in [1.807, 2.05) is 19.9 Å². The van der Waals surface area contributed by atoms with Crippen LogP contribution in [0.1, 0.15) is 99.3 Å². The fraction of sp³-hybridized carbons (Fsp3) is 0.656. The molecule has 2 saturated carbocycles. The van der Waals surface area contributed by atoms with Crippen LogP contribution in [0, 0.1) is 28.6 Å². The maximum atomic E-state index is 13.8. The third-order valence-electron chi connectivity index (χ3n) is 10.4. The molecule has 4 aliphatic carbocycles. The summed E-state index contributed by atoms with van der Waals surface area (Å²) >= 11 is 0. The monoisotopic (exact) mass is 508 g/mol. The molecule has 4 aliphatic rings. The molecule has 0 amide bonds. The fourth-order valence-electron chi connectivity index (χ4n) is 7.48. The predicted octanol–water partition coefficient (Wildman–Crippen LogP) is 7.13. The zero-order valence-electron chi connectivity index (χ0n) is 23.5. The molecule has 2 fully saturated rings. The third kappa shape index (κ3) is 4.46. The van der Waals surface area contributed by atoms with Crippen molar-refractivity contribution in [2.75, 3.05) is 0 Å². The average Bonchev–Trinajstić information content (AvgIpc) is 3.16. The van der Waals surface area contributed by atoms with E-state index in [2.05, 4.69) is 34.3 Å². The molecule has 0 aromatic heterocycles. The molecule has 0 saturated heterocycles. The van der Waals surface area contributed by atoms with Gasteiger partial charge in [-0.1, -0.05) is 64.3 Å². The molecule has 0 aromatic carbocycles. The number of ketones is 2. The van der Waals surface area contributed by atoms with E-state index >= 15 is 0 Å². The van der Waals surface area contributed by atoms with Crippen molar-refractivity contribution in [1.29, 1.82) is 0 Å². The van der Waals surface area contributed by atoms with Crippen LogP contribution in [0.25, 0.3) is 0 Å². The minimum atomic E-state index is -0.698. The number of aliphatic hydroxyl groups is 1. The second-order valence-electron chi connectivity index (χ2n) is 12.8. The highest BCUT2D eigenvalue weighted by molar-refractivity contribution is 6.51. The van der Waals surface area contributed by atoms with Crippen LogP contribution in [0.3, 0.4) is 0 Å². The molecule has 1 N–H and O–H groups in total. The van der Waals surface area contributed by atoms with Crippen molar-refractivity contribution in [3.05, 3.63) is 46.3 Å². The highest BCUT2D eigenvalue weighted by Crippen LogP contribution is 2.66. The lowest BCUT2D eigenvalue weighted by atomic mass is 9.69. The van der Waals surface area contributed by atoms with Crippen LogP contribution in [0.5, 0.6) is 0 Å². The number of esters is 1. The van der Waals surface area contributed by atoms with E-state index in [0.29, 0.717) is 12.3 Å². The maximum absolute atomic E-state index is 13.8. The highest BCUT2D eigenvalue weighted by atomic mass is 16.5. The first-order chi connectivity index (χ1) is 17.3. The minimum Gasteiger partial charge on any atom is -0.507 e. The van der Waals surface area contributed by atoms with E-state index in [-0.39, 0.29) is 51.8 Å². The van der Waals surface area contributed by atoms with Crippen molar-refractivity contribution in [2.45, 2.75) is 105 Å². The number of aliphatic hydroxyl groups excluding tert-OH is 1. The van der Waals surface area contributed by atoms with Crippen molar-refractivity contribution < 1.29 is 24.2 Å². The van der Waals surface area contributed by atoms with Gasteiger partial charge < -0.3 is 9.84 Å². The Balaban J connectivity index is 1.77. The Bertz CT molecular complexity index is 1120.